The van der Waals surface area contributed by atoms with Gasteiger partial charge < -0.3 is 19.7 Å². The molecule has 1 aliphatic heterocycles. The van der Waals surface area contributed by atoms with Crippen LogP contribution in [0.5, 0.6) is 5.88 Å². The summed E-state index contributed by atoms with van der Waals surface area (Å²) in [5, 5.41) is 11.6. The third kappa shape index (κ3) is 4.18. The van der Waals surface area contributed by atoms with Crippen LogP contribution in [0.3, 0.4) is 0 Å². The normalized spacial score (nSPS) is 15.5. The van der Waals surface area contributed by atoms with Gasteiger partial charge in [0, 0.05) is 57.5 Å². The summed E-state index contributed by atoms with van der Waals surface area (Å²) in [6.45, 7) is 1.09. The Bertz CT molecular complexity index is 1410. The summed E-state index contributed by atoms with van der Waals surface area (Å²) < 4.78 is 30.6. The number of ether oxygens (including phenoxy) is 2. The van der Waals surface area contributed by atoms with E-state index in [0.717, 1.165) is 17.5 Å². The highest BCUT2D eigenvalue weighted by Gasteiger charge is 2.24. The van der Waals surface area contributed by atoms with E-state index >= 15 is 4.39 Å². The molecule has 0 bridgehead atoms. The molecule has 10 nitrogen and oxygen atoms in total. The topological polar surface area (TPSA) is 98.8 Å². The number of aromatic nitrogens is 5. The number of benzene rings is 1. The smallest absolute Gasteiger partial charge is 0.251 e. The SMILES string of the molecule is CNC(=O)c1cc(-c2cnc3cc(-c4cnn(C)c4)c(OC4CCOC4)nn23)c(F)c(N(C)C)c1. The highest BCUT2D eigenvalue weighted by Crippen LogP contribution is 2.35. The Balaban J connectivity index is 1.70. The van der Waals surface area contributed by atoms with Crippen molar-refractivity contribution in [1.82, 2.24) is 29.7 Å². The summed E-state index contributed by atoms with van der Waals surface area (Å²) in [5.41, 5.74) is 3.27. The van der Waals surface area contributed by atoms with Crippen LogP contribution in [-0.2, 0) is 11.8 Å². The van der Waals surface area contributed by atoms with Crippen LogP contribution < -0.4 is 15.0 Å². The van der Waals surface area contributed by atoms with Crippen molar-refractivity contribution in [3.8, 4) is 28.3 Å². The summed E-state index contributed by atoms with van der Waals surface area (Å²) in [7, 11) is 6.81. The molecule has 1 amide bonds. The van der Waals surface area contributed by atoms with Crippen LogP contribution in [0.2, 0.25) is 0 Å². The molecule has 35 heavy (non-hydrogen) atoms. The van der Waals surface area contributed by atoms with E-state index in [1.807, 2.05) is 19.3 Å². The van der Waals surface area contributed by atoms with Gasteiger partial charge >= 0.3 is 0 Å². The van der Waals surface area contributed by atoms with Crippen LogP contribution in [0.25, 0.3) is 28.0 Å². The number of amides is 1. The van der Waals surface area contributed by atoms with Crippen molar-refractivity contribution in [2.45, 2.75) is 12.5 Å². The molecule has 1 fully saturated rings. The Labute approximate surface area is 201 Å². The Morgan fingerprint density at radius 2 is 2.09 bits per heavy atom. The van der Waals surface area contributed by atoms with Crippen LogP contribution >= 0.6 is 0 Å². The third-order valence-electron chi connectivity index (χ3n) is 5.94. The molecule has 182 valence electrons. The Kier molecular flexibility index (Phi) is 5.85. The first-order valence-electron chi connectivity index (χ1n) is 11.2. The highest BCUT2D eigenvalue weighted by atomic mass is 19.1. The van der Waals surface area contributed by atoms with Gasteiger partial charge in [-0.15, -0.1) is 5.10 Å². The predicted molar refractivity (Wildman–Crippen MR) is 128 cm³/mol. The minimum atomic E-state index is -0.478. The zero-order valence-corrected chi connectivity index (χ0v) is 19.9. The first-order chi connectivity index (χ1) is 16.9. The average Bonchev–Trinajstić information content (AvgIpc) is 3.59. The van der Waals surface area contributed by atoms with E-state index in [0.29, 0.717) is 36.0 Å². The number of aryl methyl sites for hydroxylation is 1. The Hall–Kier alpha value is -3.99. The minimum Gasteiger partial charge on any atom is -0.470 e. The first kappa shape index (κ1) is 22.8. The maximum atomic E-state index is 15.6. The van der Waals surface area contributed by atoms with Gasteiger partial charge in [0.1, 0.15) is 6.10 Å². The van der Waals surface area contributed by atoms with Crippen molar-refractivity contribution in [3.05, 3.63) is 48.2 Å². The van der Waals surface area contributed by atoms with Crippen molar-refractivity contribution in [1.29, 1.82) is 0 Å². The number of rotatable bonds is 6. The molecule has 1 N–H and O–H groups in total. The largest absolute Gasteiger partial charge is 0.470 e. The van der Waals surface area contributed by atoms with E-state index in [-0.39, 0.29) is 23.3 Å². The summed E-state index contributed by atoms with van der Waals surface area (Å²) in [6.07, 6.45) is 5.74. The lowest BCUT2D eigenvalue weighted by Gasteiger charge is -2.18. The Morgan fingerprint density at radius 3 is 2.74 bits per heavy atom. The quantitative estimate of drug-likeness (QED) is 0.454. The summed E-state index contributed by atoms with van der Waals surface area (Å²) >= 11 is 0. The summed E-state index contributed by atoms with van der Waals surface area (Å²) in [5.74, 6) is -0.426. The van der Waals surface area contributed by atoms with Gasteiger partial charge in [-0.2, -0.15) is 5.10 Å². The molecular formula is C24H26FN7O3. The number of imidazole rings is 1. The lowest BCUT2D eigenvalue weighted by atomic mass is 10.0. The molecule has 11 heteroatoms. The standard InChI is InChI=1S/C24H26FN7O3/c1-26-23(33)14-7-18(22(25)19(8-14)30(2)3)20-11-27-21-9-17(15-10-28-31(4)12-15)24(29-32(20)21)35-16-5-6-34-13-16/h7-12,16H,5-6,13H2,1-4H3,(H,26,33). The maximum Gasteiger partial charge on any atom is 0.251 e. The van der Waals surface area contributed by atoms with Gasteiger partial charge in [0.15, 0.2) is 11.5 Å². The molecule has 1 saturated heterocycles. The monoisotopic (exact) mass is 479 g/mol. The molecule has 5 rings (SSSR count). The van der Waals surface area contributed by atoms with E-state index in [4.69, 9.17) is 14.6 Å². The first-order valence-corrected chi connectivity index (χ1v) is 11.2. The minimum absolute atomic E-state index is 0.143. The molecule has 1 atom stereocenters. The van der Waals surface area contributed by atoms with Crippen molar-refractivity contribution in [3.63, 3.8) is 0 Å². The number of halogens is 1. The molecule has 4 heterocycles. The number of carbonyl (C=O) groups excluding carboxylic acids is 1. The second kappa shape index (κ2) is 8.99. The van der Waals surface area contributed by atoms with Crippen molar-refractivity contribution in [2.75, 3.05) is 39.3 Å². The van der Waals surface area contributed by atoms with Gasteiger partial charge in [0.2, 0.25) is 5.88 Å². The second-order valence-corrected chi connectivity index (χ2v) is 8.61. The fourth-order valence-electron chi connectivity index (χ4n) is 4.10. The molecule has 0 spiro atoms. The number of nitrogens with one attached hydrogen (secondary N) is 1. The second-order valence-electron chi connectivity index (χ2n) is 8.61. The molecular weight excluding hydrogens is 453 g/mol. The number of fused-ring (bicyclic) bond motifs is 1. The van der Waals surface area contributed by atoms with Crippen molar-refractivity contribution in [2.24, 2.45) is 7.05 Å². The molecule has 0 aliphatic carbocycles. The molecule has 1 aliphatic rings. The number of carbonyl (C=O) groups is 1. The lowest BCUT2D eigenvalue weighted by Crippen LogP contribution is -2.20. The van der Waals surface area contributed by atoms with Gasteiger partial charge in [-0.1, -0.05) is 0 Å². The van der Waals surface area contributed by atoms with Crippen LogP contribution in [0.4, 0.5) is 10.1 Å². The molecule has 1 unspecified atom stereocenters. The number of hydrogen-bond acceptors (Lipinski definition) is 7. The van der Waals surface area contributed by atoms with E-state index in [9.17, 15) is 4.79 Å². The van der Waals surface area contributed by atoms with E-state index in [1.165, 1.54) is 23.7 Å². The number of hydrogen-bond donors (Lipinski definition) is 1. The van der Waals surface area contributed by atoms with E-state index in [2.05, 4.69) is 15.4 Å². The third-order valence-corrected chi connectivity index (χ3v) is 5.94. The number of anilines is 1. The zero-order valence-electron chi connectivity index (χ0n) is 19.9. The van der Waals surface area contributed by atoms with E-state index < -0.39 is 5.82 Å². The highest BCUT2D eigenvalue weighted by molar-refractivity contribution is 5.96. The number of nitrogens with zero attached hydrogens (tertiary/aromatic N) is 6. The molecule has 4 aromatic rings. The lowest BCUT2D eigenvalue weighted by molar-refractivity contribution is 0.0963. The Morgan fingerprint density at radius 1 is 1.26 bits per heavy atom. The van der Waals surface area contributed by atoms with Crippen molar-refractivity contribution < 1.29 is 18.7 Å². The fourth-order valence-corrected chi connectivity index (χ4v) is 4.10. The fraction of sp³-hybridized carbons (Fsp3) is 0.333. The molecule has 0 radical (unpaired) electrons. The average molecular weight is 480 g/mol. The van der Waals surface area contributed by atoms with Gasteiger partial charge in [-0.05, 0) is 18.2 Å². The van der Waals surface area contributed by atoms with Crippen LogP contribution in [0, 0.1) is 5.82 Å². The van der Waals surface area contributed by atoms with Gasteiger partial charge in [0.25, 0.3) is 5.91 Å². The molecule has 1 aromatic carbocycles. The van der Waals surface area contributed by atoms with Crippen LogP contribution in [-0.4, -0.2) is 70.7 Å². The summed E-state index contributed by atoms with van der Waals surface area (Å²) in [6, 6.07) is 4.86. The van der Waals surface area contributed by atoms with Crippen molar-refractivity contribution >= 4 is 17.2 Å². The van der Waals surface area contributed by atoms with Gasteiger partial charge in [-0.3, -0.25) is 9.48 Å². The summed E-state index contributed by atoms with van der Waals surface area (Å²) in [4.78, 5) is 18.5. The van der Waals surface area contributed by atoms with E-state index in [1.54, 1.807) is 36.1 Å². The predicted octanol–water partition coefficient (Wildman–Crippen LogP) is 2.53. The van der Waals surface area contributed by atoms with Gasteiger partial charge in [-0.25, -0.2) is 13.9 Å². The molecule has 0 saturated carbocycles. The van der Waals surface area contributed by atoms with Crippen LogP contribution in [0.1, 0.15) is 16.8 Å². The van der Waals surface area contributed by atoms with Crippen LogP contribution in [0.15, 0.2) is 36.8 Å². The van der Waals surface area contributed by atoms with Gasteiger partial charge in [0.05, 0.1) is 42.6 Å². The molecule has 3 aromatic heterocycles. The maximum absolute atomic E-state index is 15.6. The zero-order chi connectivity index (χ0) is 24.7.